The highest BCUT2D eigenvalue weighted by atomic mass is 16.5. The number of rotatable bonds is 1. The van der Waals surface area contributed by atoms with Crippen LogP contribution in [0, 0.1) is 17.3 Å². The second-order valence-corrected chi connectivity index (χ2v) is 8.01. The first-order valence-electron chi connectivity index (χ1n) is 8.46. The van der Waals surface area contributed by atoms with Crippen molar-refractivity contribution in [2.75, 3.05) is 0 Å². The molecule has 2 nitrogen and oxygen atoms in total. The molecule has 1 aliphatic carbocycles. The maximum Gasteiger partial charge on any atom is 0.124 e. The molecule has 1 unspecified atom stereocenters. The van der Waals surface area contributed by atoms with Crippen LogP contribution in [0.15, 0.2) is 24.3 Å². The molecule has 1 saturated carbocycles. The minimum absolute atomic E-state index is 0.139. The summed E-state index contributed by atoms with van der Waals surface area (Å²) in [5, 5.41) is 0. The molecule has 0 radical (unpaired) electrons. The molecule has 116 valence electrons. The van der Waals surface area contributed by atoms with E-state index >= 15 is 0 Å². The topological polar surface area (TPSA) is 35.2 Å². The minimum Gasteiger partial charge on any atom is -0.490 e. The van der Waals surface area contributed by atoms with E-state index < -0.39 is 0 Å². The zero-order chi connectivity index (χ0) is 15.0. The lowest BCUT2D eigenvalue weighted by Crippen LogP contribution is -2.38. The summed E-state index contributed by atoms with van der Waals surface area (Å²) in [6.45, 7) is 7.13. The highest BCUT2D eigenvalue weighted by molar-refractivity contribution is 5.37. The van der Waals surface area contributed by atoms with Gasteiger partial charge in [-0.3, -0.25) is 0 Å². The predicted octanol–water partition coefficient (Wildman–Crippen LogP) is 4.69. The van der Waals surface area contributed by atoms with Crippen LogP contribution < -0.4 is 10.5 Å². The number of ether oxygens (including phenoxy) is 1. The van der Waals surface area contributed by atoms with Gasteiger partial charge in [-0.1, -0.05) is 39.0 Å². The monoisotopic (exact) mass is 287 g/mol. The van der Waals surface area contributed by atoms with E-state index in [-0.39, 0.29) is 6.04 Å². The van der Waals surface area contributed by atoms with Crippen molar-refractivity contribution in [1.29, 1.82) is 0 Å². The second-order valence-electron chi connectivity index (χ2n) is 8.01. The van der Waals surface area contributed by atoms with Crippen LogP contribution in [0.5, 0.6) is 5.75 Å². The van der Waals surface area contributed by atoms with Crippen LogP contribution in [0.1, 0.15) is 64.5 Å². The molecule has 1 heterocycles. The fraction of sp³-hybridized carbons (Fsp3) is 0.684. The lowest BCUT2D eigenvalue weighted by molar-refractivity contribution is 0.0502. The van der Waals surface area contributed by atoms with E-state index in [1.54, 1.807) is 0 Å². The van der Waals surface area contributed by atoms with E-state index in [0.717, 1.165) is 18.1 Å². The molecule has 2 aliphatic rings. The van der Waals surface area contributed by atoms with Gasteiger partial charge in [0.2, 0.25) is 0 Å². The van der Waals surface area contributed by atoms with Gasteiger partial charge in [-0.15, -0.1) is 0 Å². The van der Waals surface area contributed by atoms with E-state index in [1.807, 2.05) is 6.07 Å². The summed E-state index contributed by atoms with van der Waals surface area (Å²) in [7, 11) is 0. The van der Waals surface area contributed by atoms with Gasteiger partial charge >= 0.3 is 0 Å². The van der Waals surface area contributed by atoms with E-state index in [4.69, 9.17) is 10.5 Å². The molecule has 0 amide bonds. The molecular formula is C19H29NO. The van der Waals surface area contributed by atoms with Crippen molar-refractivity contribution in [1.82, 2.24) is 0 Å². The predicted molar refractivity (Wildman–Crippen MR) is 87.3 cm³/mol. The minimum atomic E-state index is 0.139. The van der Waals surface area contributed by atoms with Gasteiger partial charge in [0.25, 0.3) is 0 Å². The van der Waals surface area contributed by atoms with Crippen molar-refractivity contribution in [3.63, 3.8) is 0 Å². The third-order valence-electron chi connectivity index (χ3n) is 5.61. The molecule has 2 N–H and O–H groups in total. The lowest BCUT2D eigenvalue weighted by Gasteiger charge is -2.41. The van der Waals surface area contributed by atoms with Gasteiger partial charge in [-0.2, -0.15) is 0 Å². The average molecular weight is 287 g/mol. The number of hydrogen-bond acceptors (Lipinski definition) is 2. The van der Waals surface area contributed by atoms with Crippen molar-refractivity contribution in [3.8, 4) is 5.75 Å². The number of hydrogen-bond donors (Lipinski definition) is 1. The molecule has 1 aliphatic heterocycles. The van der Waals surface area contributed by atoms with Crippen molar-refractivity contribution in [2.24, 2.45) is 23.0 Å². The zero-order valence-electron chi connectivity index (χ0n) is 13.6. The highest BCUT2D eigenvalue weighted by Gasteiger charge is 2.36. The lowest BCUT2D eigenvalue weighted by atomic mass is 9.68. The summed E-state index contributed by atoms with van der Waals surface area (Å²) in [6.07, 6.45) is 6.55. The van der Waals surface area contributed by atoms with Crippen LogP contribution in [-0.2, 0) is 0 Å². The van der Waals surface area contributed by atoms with Crippen LogP contribution in [0.3, 0.4) is 0 Å². The Hall–Kier alpha value is -1.02. The molecule has 0 saturated heterocycles. The van der Waals surface area contributed by atoms with Gasteiger partial charge in [0.05, 0.1) is 0 Å². The fourth-order valence-electron chi connectivity index (χ4n) is 4.13. The largest absolute Gasteiger partial charge is 0.490 e. The Morgan fingerprint density at radius 2 is 1.71 bits per heavy atom. The Labute approximate surface area is 129 Å². The number of fused-ring (bicyclic) bond motifs is 1. The first-order chi connectivity index (χ1) is 9.95. The maximum absolute atomic E-state index is 6.36. The molecule has 3 rings (SSSR count). The van der Waals surface area contributed by atoms with Gasteiger partial charge in [-0.25, -0.2) is 0 Å². The SMILES string of the molecule is CC(C)(C)C1CCC(C2C[C@H](N)c3ccccc3O2)CC1. The third-order valence-corrected chi connectivity index (χ3v) is 5.61. The molecule has 0 spiro atoms. The summed E-state index contributed by atoms with van der Waals surface area (Å²) in [6, 6.07) is 8.41. The molecule has 0 aromatic heterocycles. The van der Waals surface area contributed by atoms with Crippen LogP contribution in [0.2, 0.25) is 0 Å². The zero-order valence-corrected chi connectivity index (χ0v) is 13.6. The Morgan fingerprint density at radius 3 is 2.38 bits per heavy atom. The molecule has 0 bridgehead atoms. The van der Waals surface area contributed by atoms with Gasteiger partial charge < -0.3 is 10.5 Å². The van der Waals surface area contributed by atoms with Crippen LogP contribution in [0.25, 0.3) is 0 Å². The summed E-state index contributed by atoms with van der Waals surface area (Å²) < 4.78 is 6.28. The van der Waals surface area contributed by atoms with Gasteiger partial charge in [-0.05, 0) is 49.0 Å². The summed E-state index contributed by atoms with van der Waals surface area (Å²) in [5.41, 5.74) is 7.98. The molecule has 1 aromatic rings. The van der Waals surface area contributed by atoms with E-state index in [2.05, 4.69) is 39.0 Å². The number of benzene rings is 1. The average Bonchev–Trinajstić information content (AvgIpc) is 2.46. The summed E-state index contributed by atoms with van der Waals surface area (Å²) in [4.78, 5) is 0. The summed E-state index contributed by atoms with van der Waals surface area (Å²) in [5.74, 6) is 2.56. The van der Waals surface area contributed by atoms with Gasteiger partial charge in [0.1, 0.15) is 11.9 Å². The Morgan fingerprint density at radius 1 is 1.05 bits per heavy atom. The molecule has 2 atom stereocenters. The highest BCUT2D eigenvalue weighted by Crippen LogP contribution is 2.44. The molecule has 2 heteroatoms. The van der Waals surface area contributed by atoms with Crippen LogP contribution in [-0.4, -0.2) is 6.10 Å². The van der Waals surface area contributed by atoms with Crippen LogP contribution in [0.4, 0.5) is 0 Å². The third kappa shape index (κ3) is 3.11. The Bertz CT molecular complexity index is 483. The quantitative estimate of drug-likeness (QED) is 0.813. The molecule has 21 heavy (non-hydrogen) atoms. The first-order valence-corrected chi connectivity index (χ1v) is 8.46. The maximum atomic E-state index is 6.36. The van der Waals surface area contributed by atoms with Crippen molar-refractivity contribution >= 4 is 0 Å². The van der Waals surface area contributed by atoms with Crippen molar-refractivity contribution < 1.29 is 4.74 Å². The van der Waals surface area contributed by atoms with Gasteiger partial charge in [0.15, 0.2) is 0 Å². The normalized spacial score (nSPS) is 33.1. The standard InChI is InChI=1S/C19H29NO/c1-19(2,3)14-10-8-13(9-11-14)18-12-16(20)15-6-4-5-7-17(15)21-18/h4-7,13-14,16,18H,8-12,20H2,1-3H3/t13?,14?,16-,18?/m0/s1. The van der Waals surface area contributed by atoms with Gasteiger partial charge in [0, 0.05) is 18.0 Å². The van der Waals surface area contributed by atoms with E-state index in [1.165, 1.54) is 31.2 Å². The van der Waals surface area contributed by atoms with E-state index in [0.29, 0.717) is 17.4 Å². The molecular weight excluding hydrogens is 258 g/mol. The van der Waals surface area contributed by atoms with Crippen molar-refractivity contribution in [3.05, 3.63) is 29.8 Å². The smallest absolute Gasteiger partial charge is 0.124 e. The second kappa shape index (κ2) is 5.64. The number of nitrogens with two attached hydrogens (primary N) is 1. The number of para-hydroxylation sites is 1. The first kappa shape index (κ1) is 14.9. The Balaban J connectivity index is 1.65. The van der Waals surface area contributed by atoms with Crippen molar-refractivity contribution in [2.45, 2.75) is 65.0 Å². The molecule has 1 fully saturated rings. The van der Waals surface area contributed by atoms with Crippen LogP contribution >= 0.6 is 0 Å². The fourth-order valence-corrected chi connectivity index (χ4v) is 4.13. The Kier molecular flexibility index (Phi) is 4.00. The molecule has 1 aromatic carbocycles. The van der Waals surface area contributed by atoms with E-state index in [9.17, 15) is 0 Å². The summed E-state index contributed by atoms with van der Waals surface area (Å²) >= 11 is 0.